The Bertz CT molecular complexity index is 615. The first kappa shape index (κ1) is 15.1. The number of aliphatic hydroxyl groups is 1. The number of benzene rings is 1. The lowest BCUT2D eigenvalue weighted by Crippen LogP contribution is -2.28. The molecule has 0 aliphatic heterocycles. The summed E-state index contributed by atoms with van der Waals surface area (Å²) < 4.78 is 0. The topological polar surface area (TPSA) is 84.1 Å². The molecule has 0 atom stereocenters. The van der Waals surface area contributed by atoms with Crippen LogP contribution >= 0.6 is 11.8 Å². The van der Waals surface area contributed by atoms with Crippen LogP contribution in [0.1, 0.15) is 25.7 Å². The molecule has 3 rings (SSSR count). The largest absolute Gasteiger partial charge is 0.393 e. The van der Waals surface area contributed by atoms with E-state index in [2.05, 4.69) is 27.4 Å². The Morgan fingerprint density at radius 2 is 1.86 bits per heavy atom. The SMILES string of the molecule is Nc1ncc(Sc2ccccc2)c(NC2CCC(O)CC2)n1. The average Bonchev–Trinajstić information content (AvgIpc) is 2.53. The van der Waals surface area contributed by atoms with Gasteiger partial charge >= 0.3 is 0 Å². The van der Waals surface area contributed by atoms with Crippen LogP contribution in [0.25, 0.3) is 0 Å². The Balaban J connectivity index is 1.76. The number of nitrogens with two attached hydrogens (primary N) is 1. The molecule has 0 spiro atoms. The van der Waals surface area contributed by atoms with E-state index in [1.54, 1.807) is 18.0 Å². The molecule has 6 heteroatoms. The van der Waals surface area contributed by atoms with Gasteiger partial charge in [-0.3, -0.25) is 0 Å². The average molecular weight is 316 g/mol. The zero-order chi connectivity index (χ0) is 15.4. The molecule has 0 bridgehead atoms. The van der Waals surface area contributed by atoms with E-state index in [1.807, 2.05) is 18.2 Å². The first-order valence-electron chi connectivity index (χ1n) is 7.51. The van der Waals surface area contributed by atoms with Crippen molar-refractivity contribution in [3.63, 3.8) is 0 Å². The third-order valence-electron chi connectivity index (χ3n) is 3.78. The van der Waals surface area contributed by atoms with E-state index in [0.717, 1.165) is 41.3 Å². The second-order valence-electron chi connectivity index (χ2n) is 5.51. The van der Waals surface area contributed by atoms with Crippen molar-refractivity contribution in [2.45, 2.75) is 47.6 Å². The van der Waals surface area contributed by atoms with Gasteiger partial charge in [0.15, 0.2) is 0 Å². The van der Waals surface area contributed by atoms with Gasteiger partial charge in [0.2, 0.25) is 5.95 Å². The van der Waals surface area contributed by atoms with Gasteiger partial charge in [-0.15, -0.1) is 0 Å². The third-order valence-corrected chi connectivity index (χ3v) is 4.81. The molecule has 0 unspecified atom stereocenters. The summed E-state index contributed by atoms with van der Waals surface area (Å²) >= 11 is 1.62. The number of aromatic nitrogens is 2. The molecule has 1 aromatic carbocycles. The highest BCUT2D eigenvalue weighted by atomic mass is 32.2. The molecule has 1 aliphatic rings. The van der Waals surface area contributed by atoms with E-state index >= 15 is 0 Å². The fraction of sp³-hybridized carbons (Fsp3) is 0.375. The van der Waals surface area contributed by atoms with Gasteiger partial charge < -0.3 is 16.2 Å². The highest BCUT2D eigenvalue weighted by molar-refractivity contribution is 7.99. The van der Waals surface area contributed by atoms with Crippen LogP contribution in [0.4, 0.5) is 11.8 Å². The summed E-state index contributed by atoms with van der Waals surface area (Å²) in [7, 11) is 0. The highest BCUT2D eigenvalue weighted by Gasteiger charge is 2.20. The lowest BCUT2D eigenvalue weighted by Gasteiger charge is -2.27. The van der Waals surface area contributed by atoms with Crippen LogP contribution in [-0.4, -0.2) is 27.2 Å². The fourth-order valence-electron chi connectivity index (χ4n) is 2.59. The van der Waals surface area contributed by atoms with Crippen LogP contribution in [-0.2, 0) is 0 Å². The van der Waals surface area contributed by atoms with E-state index < -0.39 is 0 Å². The summed E-state index contributed by atoms with van der Waals surface area (Å²) in [5.41, 5.74) is 5.74. The smallest absolute Gasteiger partial charge is 0.221 e. The summed E-state index contributed by atoms with van der Waals surface area (Å²) in [6, 6.07) is 10.5. The maximum absolute atomic E-state index is 9.61. The second-order valence-corrected chi connectivity index (χ2v) is 6.62. The molecule has 1 heterocycles. The van der Waals surface area contributed by atoms with Gasteiger partial charge in [-0.1, -0.05) is 30.0 Å². The Kier molecular flexibility index (Phi) is 4.80. The number of nitrogens with one attached hydrogen (secondary N) is 1. The minimum absolute atomic E-state index is 0.160. The molecule has 4 N–H and O–H groups in total. The first-order valence-corrected chi connectivity index (χ1v) is 8.32. The number of hydrogen-bond acceptors (Lipinski definition) is 6. The molecule has 1 fully saturated rings. The van der Waals surface area contributed by atoms with E-state index in [1.165, 1.54) is 0 Å². The lowest BCUT2D eigenvalue weighted by atomic mass is 9.93. The van der Waals surface area contributed by atoms with Gasteiger partial charge in [0.05, 0.1) is 11.0 Å². The number of hydrogen-bond donors (Lipinski definition) is 3. The number of rotatable bonds is 4. The predicted molar refractivity (Wildman–Crippen MR) is 88.9 cm³/mol. The maximum atomic E-state index is 9.61. The molecule has 0 saturated heterocycles. The molecule has 1 saturated carbocycles. The van der Waals surface area contributed by atoms with Crippen LogP contribution in [0.15, 0.2) is 46.3 Å². The Morgan fingerprint density at radius 1 is 1.14 bits per heavy atom. The van der Waals surface area contributed by atoms with Crippen molar-refractivity contribution in [3.05, 3.63) is 36.5 Å². The highest BCUT2D eigenvalue weighted by Crippen LogP contribution is 2.33. The Hall–Kier alpha value is -1.79. The van der Waals surface area contributed by atoms with Crippen LogP contribution in [0.5, 0.6) is 0 Å². The molecular weight excluding hydrogens is 296 g/mol. The standard InChI is InChI=1S/C16H20N4OS/c17-16-18-10-14(22-13-4-2-1-3-5-13)15(20-16)19-11-6-8-12(21)9-7-11/h1-5,10-12,21H,6-9H2,(H3,17,18,19,20). The van der Waals surface area contributed by atoms with Crippen molar-refractivity contribution >= 4 is 23.5 Å². The lowest BCUT2D eigenvalue weighted by molar-refractivity contribution is 0.126. The Labute approximate surface area is 134 Å². The molecule has 22 heavy (non-hydrogen) atoms. The third kappa shape index (κ3) is 3.90. The second kappa shape index (κ2) is 6.98. The molecule has 0 amide bonds. The molecule has 2 aromatic rings. The normalized spacial score (nSPS) is 21.5. The van der Waals surface area contributed by atoms with Crippen LogP contribution in [0.2, 0.25) is 0 Å². The number of nitrogens with zero attached hydrogens (tertiary/aromatic N) is 2. The minimum atomic E-state index is -0.160. The van der Waals surface area contributed by atoms with Gasteiger partial charge in [0.25, 0.3) is 0 Å². The van der Waals surface area contributed by atoms with E-state index in [9.17, 15) is 5.11 Å². The number of anilines is 2. The zero-order valence-electron chi connectivity index (χ0n) is 12.3. The quantitative estimate of drug-likeness (QED) is 0.804. The number of aliphatic hydroxyl groups excluding tert-OH is 1. The van der Waals surface area contributed by atoms with Gasteiger partial charge in [0, 0.05) is 17.1 Å². The molecule has 1 aromatic heterocycles. The number of nitrogen functional groups attached to an aromatic ring is 1. The molecular formula is C16H20N4OS. The monoisotopic (exact) mass is 316 g/mol. The van der Waals surface area contributed by atoms with Crippen LogP contribution in [0.3, 0.4) is 0 Å². The zero-order valence-corrected chi connectivity index (χ0v) is 13.1. The van der Waals surface area contributed by atoms with Gasteiger partial charge in [-0.25, -0.2) is 4.98 Å². The van der Waals surface area contributed by atoms with Crippen LogP contribution in [0, 0.1) is 0 Å². The summed E-state index contributed by atoms with van der Waals surface area (Å²) in [5.74, 6) is 1.05. The van der Waals surface area contributed by atoms with Crippen molar-refractivity contribution in [2.75, 3.05) is 11.1 Å². The molecule has 0 radical (unpaired) electrons. The summed E-state index contributed by atoms with van der Waals surface area (Å²) in [6.45, 7) is 0. The molecule has 116 valence electrons. The van der Waals surface area contributed by atoms with Crippen molar-refractivity contribution in [3.8, 4) is 0 Å². The van der Waals surface area contributed by atoms with E-state index in [0.29, 0.717) is 6.04 Å². The van der Waals surface area contributed by atoms with E-state index in [4.69, 9.17) is 5.73 Å². The van der Waals surface area contributed by atoms with Crippen LogP contribution < -0.4 is 11.1 Å². The summed E-state index contributed by atoms with van der Waals surface area (Å²) in [4.78, 5) is 10.6. The minimum Gasteiger partial charge on any atom is -0.393 e. The summed E-state index contributed by atoms with van der Waals surface area (Å²) in [6.07, 6.45) is 5.16. The van der Waals surface area contributed by atoms with Gasteiger partial charge in [-0.05, 0) is 37.8 Å². The summed E-state index contributed by atoms with van der Waals surface area (Å²) in [5, 5.41) is 13.1. The van der Waals surface area contributed by atoms with Gasteiger partial charge in [0.1, 0.15) is 5.82 Å². The first-order chi connectivity index (χ1) is 10.7. The van der Waals surface area contributed by atoms with Crippen molar-refractivity contribution in [1.82, 2.24) is 9.97 Å². The van der Waals surface area contributed by atoms with Crippen molar-refractivity contribution < 1.29 is 5.11 Å². The molecule has 1 aliphatic carbocycles. The van der Waals surface area contributed by atoms with Crippen molar-refractivity contribution in [1.29, 1.82) is 0 Å². The van der Waals surface area contributed by atoms with E-state index in [-0.39, 0.29) is 12.1 Å². The Morgan fingerprint density at radius 3 is 2.59 bits per heavy atom. The maximum Gasteiger partial charge on any atom is 0.221 e. The van der Waals surface area contributed by atoms with Crippen molar-refractivity contribution in [2.24, 2.45) is 0 Å². The predicted octanol–water partition coefficient (Wildman–Crippen LogP) is 2.93. The van der Waals surface area contributed by atoms with Gasteiger partial charge in [-0.2, -0.15) is 4.98 Å². The molecule has 5 nitrogen and oxygen atoms in total. The fourth-order valence-corrected chi connectivity index (χ4v) is 3.45.